The zero-order valence-electron chi connectivity index (χ0n) is 16.5. The van der Waals surface area contributed by atoms with E-state index in [-0.39, 0.29) is 30.6 Å². The Morgan fingerprint density at radius 3 is 2.70 bits per heavy atom. The number of hydrogen-bond donors (Lipinski definition) is 3. The molecule has 13 heteroatoms. The molecule has 0 fully saturated rings. The van der Waals surface area contributed by atoms with Gasteiger partial charge in [0, 0.05) is 12.8 Å². The van der Waals surface area contributed by atoms with E-state index in [1.54, 1.807) is 19.1 Å². The molecule has 1 aliphatic heterocycles. The number of rotatable bonds is 9. The molecule has 1 atom stereocenters. The molecule has 11 nitrogen and oxygen atoms in total. The molecule has 1 amide bonds. The highest BCUT2D eigenvalue weighted by atomic mass is 32.2. The summed E-state index contributed by atoms with van der Waals surface area (Å²) in [6.45, 7) is 1.05. The normalized spacial score (nSPS) is 15.6. The van der Waals surface area contributed by atoms with Gasteiger partial charge in [-0.05, 0) is 25.1 Å². The SMILES string of the molecule is CCC(=O)OCOC(=O)c1cccc2c1OB(O)[C@@H](NC(=O)CCS(=O)(=O)NC)C2. The Bertz CT molecular complexity index is 906. The average Bonchev–Trinajstić information content (AvgIpc) is 2.72. The number of fused-ring (bicyclic) bond motifs is 1. The molecule has 0 saturated heterocycles. The topological polar surface area (TPSA) is 157 Å². The summed E-state index contributed by atoms with van der Waals surface area (Å²) >= 11 is 0. The maximum absolute atomic E-state index is 12.3. The predicted octanol–water partition coefficient (Wildman–Crippen LogP) is -0.867. The number of carbonyl (C=O) groups excluding carboxylic acids is 3. The molecule has 164 valence electrons. The molecular weight excluding hydrogens is 419 g/mol. The number of para-hydroxylation sites is 1. The Balaban J connectivity index is 2.02. The second-order valence-corrected chi connectivity index (χ2v) is 8.42. The van der Waals surface area contributed by atoms with Gasteiger partial charge < -0.3 is 24.5 Å². The van der Waals surface area contributed by atoms with Crippen molar-refractivity contribution in [2.24, 2.45) is 0 Å². The fourth-order valence-electron chi connectivity index (χ4n) is 2.65. The van der Waals surface area contributed by atoms with Crippen molar-refractivity contribution in [2.45, 2.75) is 32.1 Å². The number of sulfonamides is 1. The van der Waals surface area contributed by atoms with E-state index >= 15 is 0 Å². The number of ether oxygens (including phenoxy) is 2. The fourth-order valence-corrected chi connectivity index (χ4v) is 3.30. The molecule has 30 heavy (non-hydrogen) atoms. The lowest BCUT2D eigenvalue weighted by Crippen LogP contribution is -2.53. The van der Waals surface area contributed by atoms with Gasteiger partial charge in [-0.25, -0.2) is 17.9 Å². The molecule has 0 bridgehead atoms. The van der Waals surface area contributed by atoms with Crippen molar-refractivity contribution in [3.05, 3.63) is 29.3 Å². The average molecular weight is 442 g/mol. The van der Waals surface area contributed by atoms with Gasteiger partial charge in [0.15, 0.2) is 0 Å². The zero-order valence-corrected chi connectivity index (χ0v) is 17.4. The minimum atomic E-state index is -3.53. The molecule has 1 heterocycles. The van der Waals surface area contributed by atoms with E-state index in [2.05, 4.69) is 10.0 Å². The fraction of sp³-hybridized carbons (Fsp3) is 0.471. The van der Waals surface area contributed by atoms with Crippen LogP contribution in [0.25, 0.3) is 0 Å². The van der Waals surface area contributed by atoms with Gasteiger partial charge in [-0.1, -0.05) is 19.1 Å². The minimum Gasteiger partial charge on any atom is -0.534 e. The maximum Gasteiger partial charge on any atom is 0.547 e. The zero-order chi connectivity index (χ0) is 22.3. The van der Waals surface area contributed by atoms with Crippen LogP contribution in [0.1, 0.15) is 35.7 Å². The van der Waals surface area contributed by atoms with E-state index in [1.165, 1.54) is 13.1 Å². The first kappa shape index (κ1) is 23.6. The predicted molar refractivity (Wildman–Crippen MR) is 105 cm³/mol. The van der Waals surface area contributed by atoms with Crippen molar-refractivity contribution in [1.29, 1.82) is 0 Å². The van der Waals surface area contributed by atoms with Crippen LogP contribution in [0, 0.1) is 0 Å². The summed E-state index contributed by atoms with van der Waals surface area (Å²) in [5, 5.41) is 12.8. The second kappa shape index (κ2) is 10.4. The Morgan fingerprint density at radius 2 is 2.03 bits per heavy atom. The molecule has 0 unspecified atom stereocenters. The Kier molecular flexibility index (Phi) is 8.20. The van der Waals surface area contributed by atoms with Crippen LogP contribution in [0.3, 0.4) is 0 Å². The minimum absolute atomic E-state index is 0.0315. The number of benzene rings is 1. The lowest BCUT2D eigenvalue weighted by Gasteiger charge is -2.29. The largest absolute Gasteiger partial charge is 0.547 e. The third-order valence-electron chi connectivity index (χ3n) is 4.29. The second-order valence-electron chi connectivity index (χ2n) is 6.37. The molecule has 0 aliphatic carbocycles. The molecule has 1 aromatic carbocycles. The molecule has 0 aromatic heterocycles. The number of esters is 2. The van der Waals surface area contributed by atoms with Gasteiger partial charge in [-0.2, -0.15) is 0 Å². The Morgan fingerprint density at radius 1 is 1.30 bits per heavy atom. The molecule has 0 spiro atoms. The lowest BCUT2D eigenvalue weighted by molar-refractivity contribution is -0.151. The van der Waals surface area contributed by atoms with Crippen LogP contribution in [0.5, 0.6) is 5.75 Å². The number of amides is 1. The lowest BCUT2D eigenvalue weighted by atomic mass is 9.72. The Labute approximate surface area is 174 Å². The van der Waals surface area contributed by atoms with Crippen LogP contribution in [0.15, 0.2) is 18.2 Å². The highest BCUT2D eigenvalue weighted by Crippen LogP contribution is 2.30. The summed E-state index contributed by atoms with van der Waals surface area (Å²) in [5.41, 5.74) is 0.567. The number of carbonyl (C=O) groups is 3. The summed E-state index contributed by atoms with van der Waals surface area (Å²) in [6.07, 6.45) is -0.00333. The monoisotopic (exact) mass is 442 g/mol. The van der Waals surface area contributed by atoms with Gasteiger partial charge in [-0.15, -0.1) is 0 Å². The molecule has 1 aromatic rings. The van der Waals surface area contributed by atoms with Gasteiger partial charge in [-0.3, -0.25) is 9.59 Å². The highest BCUT2D eigenvalue weighted by Gasteiger charge is 2.38. The van der Waals surface area contributed by atoms with Crippen LogP contribution in [-0.2, 0) is 35.5 Å². The van der Waals surface area contributed by atoms with Crippen molar-refractivity contribution < 1.29 is 42.0 Å². The van der Waals surface area contributed by atoms with Crippen LogP contribution >= 0.6 is 0 Å². The molecule has 1 aliphatic rings. The molecule has 0 saturated carbocycles. The quantitative estimate of drug-likeness (QED) is 0.251. The first-order valence-corrected chi connectivity index (χ1v) is 10.8. The highest BCUT2D eigenvalue weighted by molar-refractivity contribution is 7.89. The van der Waals surface area contributed by atoms with Gasteiger partial charge in [0.1, 0.15) is 11.3 Å². The van der Waals surface area contributed by atoms with Gasteiger partial charge >= 0.3 is 19.1 Å². The van der Waals surface area contributed by atoms with Crippen molar-refractivity contribution in [2.75, 3.05) is 19.6 Å². The third-order valence-corrected chi connectivity index (χ3v) is 5.66. The van der Waals surface area contributed by atoms with Crippen LogP contribution < -0.4 is 14.7 Å². The third kappa shape index (κ3) is 6.44. The Hall–Kier alpha value is -2.64. The maximum atomic E-state index is 12.3. The van der Waals surface area contributed by atoms with Crippen molar-refractivity contribution in [1.82, 2.24) is 10.0 Å². The molecule has 3 N–H and O–H groups in total. The summed E-state index contributed by atoms with van der Waals surface area (Å²) < 4.78 is 39.9. The number of hydrogen-bond acceptors (Lipinski definition) is 9. The first-order chi connectivity index (χ1) is 14.2. The first-order valence-electron chi connectivity index (χ1n) is 9.16. The van der Waals surface area contributed by atoms with Crippen LogP contribution in [0.4, 0.5) is 0 Å². The standard InChI is InChI=1S/C17H23BN2O9S/c1-3-15(22)27-10-28-17(23)12-6-4-5-11-9-13(18(24)29-16(11)12)20-14(21)7-8-30(25,26)19-2/h4-6,13,19,24H,3,7-10H2,1-2H3,(H,20,21)/t13-/m0/s1. The van der Waals surface area contributed by atoms with E-state index in [0.29, 0.717) is 5.56 Å². The van der Waals surface area contributed by atoms with E-state index in [1.807, 2.05) is 0 Å². The molecular formula is C17H23BN2O9S. The van der Waals surface area contributed by atoms with Gasteiger partial charge in [0.05, 0.1) is 11.7 Å². The summed E-state index contributed by atoms with van der Waals surface area (Å²) in [4.78, 5) is 35.4. The van der Waals surface area contributed by atoms with Crippen molar-refractivity contribution in [3.8, 4) is 5.75 Å². The van der Waals surface area contributed by atoms with E-state index in [0.717, 1.165) is 0 Å². The van der Waals surface area contributed by atoms with Crippen LogP contribution in [0.2, 0.25) is 0 Å². The van der Waals surface area contributed by atoms with E-state index < -0.39 is 53.5 Å². The smallest absolute Gasteiger partial charge is 0.534 e. The van der Waals surface area contributed by atoms with E-state index in [9.17, 15) is 27.8 Å². The van der Waals surface area contributed by atoms with Crippen molar-refractivity contribution >= 4 is 35.0 Å². The molecule has 0 radical (unpaired) electrons. The van der Waals surface area contributed by atoms with Gasteiger partial charge in [0.25, 0.3) is 0 Å². The summed E-state index contributed by atoms with van der Waals surface area (Å²) in [7, 11) is -3.75. The number of nitrogens with one attached hydrogen (secondary N) is 2. The van der Waals surface area contributed by atoms with Gasteiger partial charge in [0.2, 0.25) is 22.7 Å². The summed E-state index contributed by atoms with van der Waals surface area (Å²) in [6, 6.07) is 4.66. The van der Waals surface area contributed by atoms with Crippen molar-refractivity contribution in [3.63, 3.8) is 0 Å². The molecule has 2 rings (SSSR count). The van der Waals surface area contributed by atoms with E-state index in [4.69, 9.17) is 14.1 Å². The van der Waals surface area contributed by atoms with Crippen LogP contribution in [-0.4, -0.2) is 63.9 Å². The summed E-state index contributed by atoms with van der Waals surface area (Å²) in [5.74, 6) is -3.03.